The van der Waals surface area contributed by atoms with E-state index in [1.165, 1.54) is 0 Å². The topological polar surface area (TPSA) is 42.0 Å². The number of aliphatic hydroxyl groups excluding tert-OH is 1. The minimum Gasteiger partial charge on any atom is -0.491 e. The van der Waals surface area contributed by atoms with E-state index in [1.807, 2.05) is 12.1 Å². The van der Waals surface area contributed by atoms with Crippen molar-refractivity contribution < 1.29 is 14.6 Å². The predicted octanol–water partition coefficient (Wildman–Crippen LogP) is 2.72. The van der Waals surface area contributed by atoms with Gasteiger partial charge in [-0.2, -0.15) is 0 Å². The van der Waals surface area contributed by atoms with Crippen molar-refractivity contribution >= 4 is 19.7 Å². The highest BCUT2D eigenvalue weighted by molar-refractivity contribution is 6.78. The number of hydrogen-bond donors (Lipinski definition) is 1. The lowest BCUT2D eigenvalue weighted by Gasteiger charge is -2.14. The largest absolute Gasteiger partial charge is 0.491 e. The Hall–Kier alpha value is -0.553. The Bertz CT molecular complexity index is 419. The molecular formula is C13H19ClO3Si. The fraction of sp³-hybridized carbons (Fsp3) is 0.538. The molecule has 0 bridgehead atoms. The Balaban J connectivity index is 1.82. The molecule has 3 atom stereocenters. The summed E-state index contributed by atoms with van der Waals surface area (Å²) < 4.78 is 11.1. The van der Waals surface area contributed by atoms with Crippen LogP contribution < -0.4 is 4.74 Å². The quantitative estimate of drug-likeness (QED) is 0.668. The molecule has 18 heavy (non-hydrogen) atoms. The molecule has 0 spiro atoms. The number of aliphatic hydroxyl groups is 1. The first-order valence-electron chi connectivity index (χ1n) is 6.10. The van der Waals surface area contributed by atoms with Gasteiger partial charge in [0, 0.05) is 5.02 Å². The van der Waals surface area contributed by atoms with E-state index in [0.29, 0.717) is 10.8 Å². The van der Waals surface area contributed by atoms with Gasteiger partial charge >= 0.3 is 0 Å². The second-order valence-corrected chi connectivity index (χ2v) is 11.5. The normalized spacial score (nSPS) is 24.7. The predicted molar refractivity (Wildman–Crippen MR) is 75.0 cm³/mol. The monoisotopic (exact) mass is 286 g/mol. The minimum atomic E-state index is -1.33. The van der Waals surface area contributed by atoms with Crippen LogP contribution in [0.5, 0.6) is 5.75 Å². The molecule has 0 radical (unpaired) electrons. The molecule has 1 aromatic carbocycles. The summed E-state index contributed by atoms with van der Waals surface area (Å²) >= 11 is 5.86. The average Bonchev–Trinajstić information content (AvgIpc) is 3.05. The lowest BCUT2D eigenvalue weighted by Crippen LogP contribution is -2.35. The molecular weight excluding hydrogens is 268 g/mol. The SMILES string of the molecule is C[Si](C)(C)[C@H]1O[C@H]1[C@@H](O)COc1cccc(Cl)c1. The van der Waals surface area contributed by atoms with Crippen LogP contribution in [0.1, 0.15) is 0 Å². The first kappa shape index (κ1) is 13.9. The van der Waals surface area contributed by atoms with Gasteiger partial charge in [-0.05, 0) is 18.2 Å². The highest BCUT2D eigenvalue weighted by atomic mass is 35.5. The lowest BCUT2D eigenvalue weighted by molar-refractivity contribution is 0.0809. The molecule has 2 rings (SSSR count). The number of rotatable bonds is 5. The van der Waals surface area contributed by atoms with E-state index in [-0.39, 0.29) is 18.4 Å². The molecule has 0 aromatic heterocycles. The van der Waals surface area contributed by atoms with E-state index in [9.17, 15) is 5.11 Å². The molecule has 0 amide bonds. The van der Waals surface area contributed by atoms with Crippen LogP contribution in [-0.2, 0) is 4.74 Å². The van der Waals surface area contributed by atoms with Gasteiger partial charge in [-0.3, -0.25) is 0 Å². The zero-order chi connectivity index (χ0) is 13.3. The van der Waals surface area contributed by atoms with Crippen molar-refractivity contribution in [1.29, 1.82) is 0 Å². The first-order chi connectivity index (χ1) is 8.38. The summed E-state index contributed by atoms with van der Waals surface area (Å²) in [4.78, 5) is 0. The lowest BCUT2D eigenvalue weighted by atomic mass is 10.3. The van der Waals surface area contributed by atoms with Crippen molar-refractivity contribution in [2.45, 2.75) is 37.6 Å². The molecule has 100 valence electrons. The van der Waals surface area contributed by atoms with Crippen molar-refractivity contribution in [2.24, 2.45) is 0 Å². The van der Waals surface area contributed by atoms with Crippen LogP contribution in [0.15, 0.2) is 24.3 Å². The number of epoxide rings is 1. The van der Waals surface area contributed by atoms with Gasteiger partial charge in [0.1, 0.15) is 24.6 Å². The summed E-state index contributed by atoms with van der Waals surface area (Å²) in [6.07, 6.45) is -0.628. The van der Waals surface area contributed by atoms with Crippen LogP contribution in [0.25, 0.3) is 0 Å². The Kier molecular flexibility index (Phi) is 4.01. The van der Waals surface area contributed by atoms with Crippen LogP contribution >= 0.6 is 11.6 Å². The molecule has 0 saturated carbocycles. The third-order valence-electron chi connectivity index (χ3n) is 2.98. The van der Waals surface area contributed by atoms with E-state index in [0.717, 1.165) is 0 Å². The molecule has 1 fully saturated rings. The Morgan fingerprint density at radius 1 is 1.44 bits per heavy atom. The van der Waals surface area contributed by atoms with Crippen LogP contribution in [0.4, 0.5) is 0 Å². The molecule has 1 saturated heterocycles. The fourth-order valence-electron chi connectivity index (χ4n) is 1.95. The molecule has 3 nitrogen and oxygen atoms in total. The zero-order valence-corrected chi connectivity index (χ0v) is 12.6. The molecule has 1 aliphatic heterocycles. The molecule has 1 aliphatic rings. The highest BCUT2D eigenvalue weighted by Gasteiger charge is 2.51. The highest BCUT2D eigenvalue weighted by Crippen LogP contribution is 2.33. The molecule has 1 heterocycles. The van der Waals surface area contributed by atoms with Crippen LogP contribution in [0.3, 0.4) is 0 Å². The number of ether oxygens (including phenoxy) is 2. The molecule has 1 N–H and O–H groups in total. The number of halogens is 1. The van der Waals surface area contributed by atoms with Crippen molar-refractivity contribution in [3.05, 3.63) is 29.3 Å². The average molecular weight is 287 g/mol. The maximum Gasteiger partial charge on any atom is 0.120 e. The van der Waals surface area contributed by atoms with Gasteiger partial charge in [-0.15, -0.1) is 0 Å². The van der Waals surface area contributed by atoms with Crippen LogP contribution in [0, 0.1) is 0 Å². The van der Waals surface area contributed by atoms with Crippen molar-refractivity contribution in [3.8, 4) is 5.75 Å². The molecule has 0 unspecified atom stereocenters. The Labute approximate surface area is 114 Å². The van der Waals surface area contributed by atoms with E-state index in [2.05, 4.69) is 19.6 Å². The maximum absolute atomic E-state index is 9.99. The standard InChI is InChI=1S/C13H19ClO3Si/c1-18(2,3)13-12(17-13)11(15)8-16-10-6-4-5-9(14)7-10/h4-7,11-13,15H,8H2,1-3H3/t11-,12-,13+/m0/s1. The number of benzene rings is 1. The second kappa shape index (κ2) is 5.21. The van der Waals surface area contributed by atoms with Crippen LogP contribution in [-0.4, -0.2) is 37.7 Å². The first-order valence-corrected chi connectivity index (χ1v) is 10.1. The minimum absolute atomic E-state index is 0.0594. The van der Waals surface area contributed by atoms with Gasteiger partial charge in [-0.1, -0.05) is 37.3 Å². The van der Waals surface area contributed by atoms with E-state index in [1.54, 1.807) is 12.1 Å². The smallest absolute Gasteiger partial charge is 0.120 e. The van der Waals surface area contributed by atoms with E-state index < -0.39 is 14.2 Å². The molecule has 5 heteroatoms. The van der Waals surface area contributed by atoms with E-state index in [4.69, 9.17) is 21.1 Å². The third-order valence-corrected chi connectivity index (χ3v) is 5.38. The van der Waals surface area contributed by atoms with Gasteiger partial charge in [-0.25, -0.2) is 0 Å². The Morgan fingerprint density at radius 3 is 2.72 bits per heavy atom. The van der Waals surface area contributed by atoms with Crippen LogP contribution in [0.2, 0.25) is 24.7 Å². The third kappa shape index (κ3) is 3.48. The fourth-order valence-corrected chi connectivity index (χ4v) is 3.90. The summed E-state index contributed by atoms with van der Waals surface area (Å²) in [5.41, 5.74) is 0.246. The van der Waals surface area contributed by atoms with Crippen molar-refractivity contribution in [2.75, 3.05) is 6.61 Å². The van der Waals surface area contributed by atoms with Gasteiger partial charge < -0.3 is 14.6 Å². The maximum atomic E-state index is 9.99. The second-order valence-electron chi connectivity index (χ2n) is 5.72. The summed E-state index contributed by atoms with van der Waals surface area (Å²) in [5, 5.41) is 10.6. The van der Waals surface area contributed by atoms with Crippen molar-refractivity contribution in [1.82, 2.24) is 0 Å². The summed E-state index contributed by atoms with van der Waals surface area (Å²) in [5.74, 6) is 0.673. The molecule has 0 aliphatic carbocycles. The number of hydrogen-bond acceptors (Lipinski definition) is 3. The summed E-state index contributed by atoms with van der Waals surface area (Å²) in [6, 6.07) is 7.17. The summed E-state index contributed by atoms with van der Waals surface area (Å²) in [6.45, 7) is 6.96. The van der Waals surface area contributed by atoms with Gasteiger partial charge in [0.25, 0.3) is 0 Å². The van der Waals surface area contributed by atoms with E-state index >= 15 is 0 Å². The van der Waals surface area contributed by atoms with Gasteiger partial charge in [0.15, 0.2) is 0 Å². The Morgan fingerprint density at radius 2 is 2.17 bits per heavy atom. The van der Waals surface area contributed by atoms with Gasteiger partial charge in [0.2, 0.25) is 0 Å². The van der Waals surface area contributed by atoms with Crippen molar-refractivity contribution in [3.63, 3.8) is 0 Å². The zero-order valence-electron chi connectivity index (χ0n) is 10.9. The van der Waals surface area contributed by atoms with Gasteiger partial charge in [0.05, 0.1) is 13.8 Å². The summed E-state index contributed by atoms with van der Waals surface area (Å²) in [7, 11) is -1.33. The molecule has 1 aromatic rings.